The molecular formula is C8H10F3N3O. The second-order valence-corrected chi connectivity index (χ2v) is 2.93. The highest BCUT2D eigenvalue weighted by atomic mass is 19.4. The fraction of sp³-hybridized carbons (Fsp3) is 0.500. The van der Waals surface area contributed by atoms with Crippen molar-refractivity contribution in [3.8, 4) is 0 Å². The minimum atomic E-state index is -4.52. The number of nitrogens with zero attached hydrogens (tertiary/aromatic N) is 2. The van der Waals surface area contributed by atoms with E-state index in [4.69, 9.17) is 10.8 Å². The number of rotatable bonds is 3. The zero-order valence-electron chi connectivity index (χ0n) is 7.75. The smallest absolute Gasteiger partial charge is 0.396 e. The van der Waals surface area contributed by atoms with Crippen molar-refractivity contribution in [2.75, 3.05) is 12.3 Å². The number of nitrogen functional groups attached to an aromatic ring is 1. The molecule has 1 rings (SSSR count). The molecule has 84 valence electrons. The summed E-state index contributed by atoms with van der Waals surface area (Å²) in [5.41, 5.74) is 4.27. The van der Waals surface area contributed by atoms with Gasteiger partial charge in [-0.05, 0) is 18.9 Å². The quantitative estimate of drug-likeness (QED) is 0.798. The van der Waals surface area contributed by atoms with Crippen LogP contribution in [0.5, 0.6) is 0 Å². The van der Waals surface area contributed by atoms with Crippen LogP contribution in [-0.4, -0.2) is 21.7 Å². The highest BCUT2D eigenvalue weighted by Gasteiger charge is 2.33. The molecule has 0 unspecified atom stereocenters. The van der Waals surface area contributed by atoms with Crippen molar-refractivity contribution >= 4 is 5.95 Å². The number of aliphatic hydroxyl groups excluding tert-OH is 1. The lowest BCUT2D eigenvalue weighted by Gasteiger charge is -2.08. The van der Waals surface area contributed by atoms with E-state index >= 15 is 0 Å². The van der Waals surface area contributed by atoms with Crippen LogP contribution in [0.15, 0.2) is 6.07 Å². The topological polar surface area (TPSA) is 72.0 Å². The van der Waals surface area contributed by atoms with Gasteiger partial charge in [0.05, 0.1) is 0 Å². The number of halogens is 3. The van der Waals surface area contributed by atoms with Gasteiger partial charge >= 0.3 is 6.18 Å². The predicted molar refractivity (Wildman–Crippen MR) is 46.9 cm³/mol. The highest BCUT2D eigenvalue weighted by Crippen LogP contribution is 2.28. The van der Waals surface area contributed by atoms with Gasteiger partial charge in [-0.3, -0.25) is 0 Å². The molecule has 0 aromatic carbocycles. The Kier molecular flexibility index (Phi) is 3.46. The maximum Gasteiger partial charge on any atom is 0.433 e. The molecule has 1 heterocycles. The molecule has 0 fully saturated rings. The van der Waals surface area contributed by atoms with Crippen LogP contribution in [0.2, 0.25) is 0 Å². The predicted octanol–water partition coefficient (Wildman–Crippen LogP) is 1.00. The van der Waals surface area contributed by atoms with Gasteiger partial charge in [0.2, 0.25) is 5.95 Å². The maximum absolute atomic E-state index is 12.3. The first-order valence-corrected chi connectivity index (χ1v) is 4.25. The number of alkyl halides is 3. The van der Waals surface area contributed by atoms with Crippen LogP contribution in [0.4, 0.5) is 19.1 Å². The minimum absolute atomic E-state index is 0.106. The van der Waals surface area contributed by atoms with E-state index in [-0.39, 0.29) is 18.7 Å². The first kappa shape index (κ1) is 11.7. The van der Waals surface area contributed by atoms with Crippen LogP contribution >= 0.6 is 0 Å². The SMILES string of the molecule is Nc1nc(CCCO)cc(C(F)(F)F)n1. The fourth-order valence-electron chi connectivity index (χ4n) is 1.05. The zero-order valence-corrected chi connectivity index (χ0v) is 7.75. The van der Waals surface area contributed by atoms with Crippen LogP contribution in [0, 0.1) is 0 Å². The van der Waals surface area contributed by atoms with E-state index in [2.05, 4.69) is 9.97 Å². The molecule has 0 aliphatic carbocycles. The number of nitrogens with two attached hydrogens (primary N) is 1. The first-order chi connectivity index (χ1) is 6.93. The molecule has 0 amide bonds. The van der Waals surface area contributed by atoms with Crippen LogP contribution in [0.1, 0.15) is 17.8 Å². The van der Waals surface area contributed by atoms with E-state index in [0.29, 0.717) is 6.42 Å². The number of aliphatic hydroxyl groups is 1. The molecule has 1 aromatic rings. The summed E-state index contributed by atoms with van der Waals surface area (Å²) in [6, 6.07) is 0.839. The number of hydrogen-bond donors (Lipinski definition) is 2. The van der Waals surface area contributed by atoms with E-state index < -0.39 is 17.8 Å². The molecule has 0 spiro atoms. The lowest BCUT2D eigenvalue weighted by Crippen LogP contribution is -2.12. The van der Waals surface area contributed by atoms with Crippen LogP contribution < -0.4 is 5.73 Å². The normalized spacial score (nSPS) is 11.7. The summed E-state index contributed by atoms with van der Waals surface area (Å²) in [7, 11) is 0. The zero-order chi connectivity index (χ0) is 11.5. The summed E-state index contributed by atoms with van der Waals surface area (Å²) in [5, 5.41) is 8.53. The van der Waals surface area contributed by atoms with E-state index in [1.54, 1.807) is 0 Å². The monoisotopic (exact) mass is 221 g/mol. The van der Waals surface area contributed by atoms with Crippen LogP contribution in [-0.2, 0) is 12.6 Å². The molecule has 15 heavy (non-hydrogen) atoms. The third-order valence-electron chi connectivity index (χ3n) is 1.68. The Balaban J connectivity index is 2.95. The van der Waals surface area contributed by atoms with E-state index in [0.717, 1.165) is 6.07 Å². The minimum Gasteiger partial charge on any atom is -0.396 e. The van der Waals surface area contributed by atoms with Crippen molar-refractivity contribution in [2.24, 2.45) is 0 Å². The standard InChI is InChI=1S/C8H10F3N3O/c9-8(10,11)6-4-5(2-1-3-15)13-7(12)14-6/h4,15H,1-3H2,(H2,12,13,14). The molecule has 7 heteroatoms. The Hall–Kier alpha value is -1.37. The molecule has 4 nitrogen and oxygen atoms in total. The lowest BCUT2D eigenvalue weighted by atomic mass is 10.2. The van der Waals surface area contributed by atoms with Crippen molar-refractivity contribution in [3.63, 3.8) is 0 Å². The highest BCUT2D eigenvalue weighted by molar-refractivity contribution is 5.24. The second-order valence-electron chi connectivity index (χ2n) is 2.93. The molecule has 3 N–H and O–H groups in total. The average molecular weight is 221 g/mol. The molecule has 0 radical (unpaired) electrons. The molecule has 0 saturated carbocycles. The van der Waals surface area contributed by atoms with E-state index in [9.17, 15) is 13.2 Å². The Bertz CT molecular complexity index is 340. The first-order valence-electron chi connectivity index (χ1n) is 4.25. The third-order valence-corrected chi connectivity index (χ3v) is 1.68. The van der Waals surface area contributed by atoms with Crippen molar-refractivity contribution < 1.29 is 18.3 Å². The van der Waals surface area contributed by atoms with Crippen LogP contribution in [0.3, 0.4) is 0 Å². The Labute approximate surface area is 84.0 Å². The summed E-state index contributed by atoms with van der Waals surface area (Å²) in [6.07, 6.45) is -3.94. The van der Waals surface area contributed by atoms with Crippen molar-refractivity contribution in [2.45, 2.75) is 19.0 Å². The molecule has 0 atom stereocenters. The molecule has 0 saturated heterocycles. The van der Waals surface area contributed by atoms with Crippen LogP contribution in [0.25, 0.3) is 0 Å². The van der Waals surface area contributed by atoms with Gasteiger partial charge in [-0.25, -0.2) is 9.97 Å². The van der Waals surface area contributed by atoms with Gasteiger partial charge in [-0.15, -0.1) is 0 Å². The summed E-state index contributed by atoms with van der Waals surface area (Å²) in [6.45, 7) is -0.106. The number of anilines is 1. The molecule has 1 aromatic heterocycles. The molecular weight excluding hydrogens is 211 g/mol. The Morgan fingerprint density at radius 2 is 2.00 bits per heavy atom. The summed E-state index contributed by atoms with van der Waals surface area (Å²) in [4.78, 5) is 6.73. The number of aromatic nitrogens is 2. The van der Waals surface area contributed by atoms with Crippen molar-refractivity contribution in [1.29, 1.82) is 0 Å². The maximum atomic E-state index is 12.3. The van der Waals surface area contributed by atoms with E-state index in [1.165, 1.54) is 0 Å². The average Bonchev–Trinajstić information content (AvgIpc) is 2.12. The van der Waals surface area contributed by atoms with Gasteiger partial charge in [0.25, 0.3) is 0 Å². The lowest BCUT2D eigenvalue weighted by molar-refractivity contribution is -0.141. The number of hydrogen-bond acceptors (Lipinski definition) is 4. The summed E-state index contributed by atoms with van der Waals surface area (Å²) < 4.78 is 36.8. The van der Waals surface area contributed by atoms with Gasteiger partial charge in [-0.1, -0.05) is 0 Å². The van der Waals surface area contributed by atoms with Gasteiger partial charge in [0, 0.05) is 12.3 Å². The summed E-state index contributed by atoms with van der Waals surface area (Å²) >= 11 is 0. The van der Waals surface area contributed by atoms with Crippen molar-refractivity contribution in [3.05, 3.63) is 17.5 Å². The molecule has 0 aliphatic rings. The Morgan fingerprint density at radius 1 is 1.33 bits per heavy atom. The third kappa shape index (κ3) is 3.35. The summed E-state index contributed by atoms with van der Waals surface area (Å²) in [5.74, 6) is -0.405. The molecule has 0 aliphatic heterocycles. The second kappa shape index (κ2) is 4.43. The Morgan fingerprint density at radius 3 is 2.53 bits per heavy atom. The number of aryl methyl sites for hydroxylation is 1. The molecule has 0 bridgehead atoms. The van der Waals surface area contributed by atoms with Gasteiger partial charge in [-0.2, -0.15) is 13.2 Å². The van der Waals surface area contributed by atoms with Gasteiger partial charge in [0.1, 0.15) is 5.69 Å². The van der Waals surface area contributed by atoms with Crippen molar-refractivity contribution in [1.82, 2.24) is 9.97 Å². The van der Waals surface area contributed by atoms with Gasteiger partial charge in [0.15, 0.2) is 0 Å². The van der Waals surface area contributed by atoms with Gasteiger partial charge < -0.3 is 10.8 Å². The largest absolute Gasteiger partial charge is 0.433 e. The van der Waals surface area contributed by atoms with E-state index in [1.807, 2.05) is 0 Å². The fourth-order valence-corrected chi connectivity index (χ4v) is 1.05.